The molecule has 1 heterocycles. The second-order valence-corrected chi connectivity index (χ2v) is 4.60. The molecule has 11 heteroatoms. The Morgan fingerprint density at radius 1 is 1.10 bits per heavy atom. The molecule has 118 valence electrons. The first-order chi connectivity index (χ1) is 9.45. The zero-order chi connectivity index (χ0) is 16.6. The Morgan fingerprint density at radius 3 is 1.95 bits per heavy atom. The van der Waals surface area contributed by atoms with Crippen molar-refractivity contribution >= 4 is 28.6 Å². The number of methoxy groups -OCH3 is 2. The van der Waals surface area contributed by atoms with E-state index in [1.165, 1.54) is 0 Å². The Kier molecular flexibility index (Phi) is 4.95. The van der Waals surface area contributed by atoms with Gasteiger partial charge in [0, 0.05) is 0 Å². The predicted octanol–water partition coefficient (Wildman–Crippen LogP) is 3.52. The number of esters is 1. The molecule has 0 amide bonds. The van der Waals surface area contributed by atoms with Crippen molar-refractivity contribution < 1.29 is 40.6 Å². The van der Waals surface area contributed by atoms with E-state index in [1.807, 2.05) is 0 Å². The number of aromatic nitrogens is 1. The molecular formula is C10H6F6INO3. The normalized spacial score (nSPS) is 12.2. The van der Waals surface area contributed by atoms with Crippen LogP contribution < -0.4 is 4.74 Å². The number of hydrogen-bond acceptors (Lipinski definition) is 4. The Hall–Kier alpha value is -1.27. The second-order valence-electron chi connectivity index (χ2n) is 3.52. The molecule has 0 aromatic carbocycles. The Bertz CT molecular complexity index is 569. The van der Waals surface area contributed by atoms with Gasteiger partial charge in [-0.25, -0.2) is 9.78 Å². The fourth-order valence-corrected chi connectivity index (χ4v) is 2.37. The van der Waals surface area contributed by atoms with Gasteiger partial charge in [-0.15, -0.1) is 0 Å². The van der Waals surface area contributed by atoms with Gasteiger partial charge in [-0.1, -0.05) is 0 Å². The third kappa shape index (κ3) is 3.49. The zero-order valence-corrected chi connectivity index (χ0v) is 12.5. The fraction of sp³-hybridized carbons (Fsp3) is 0.400. The number of rotatable bonds is 2. The van der Waals surface area contributed by atoms with Crippen molar-refractivity contribution in [2.45, 2.75) is 12.4 Å². The Morgan fingerprint density at radius 2 is 1.62 bits per heavy atom. The first-order valence-electron chi connectivity index (χ1n) is 4.95. The van der Waals surface area contributed by atoms with E-state index in [4.69, 9.17) is 0 Å². The van der Waals surface area contributed by atoms with Crippen LogP contribution in [0.2, 0.25) is 0 Å². The van der Waals surface area contributed by atoms with Crippen LogP contribution in [0.1, 0.15) is 21.6 Å². The first-order valence-corrected chi connectivity index (χ1v) is 6.03. The van der Waals surface area contributed by atoms with Gasteiger partial charge in [0.1, 0.15) is 5.56 Å². The highest BCUT2D eigenvalue weighted by atomic mass is 127. The lowest BCUT2D eigenvalue weighted by Crippen LogP contribution is -2.24. The number of nitrogens with zero attached hydrogens (tertiary/aromatic N) is 1. The molecule has 0 N–H and O–H groups in total. The van der Waals surface area contributed by atoms with E-state index in [0.29, 0.717) is 7.11 Å². The van der Waals surface area contributed by atoms with Crippen LogP contribution in [0, 0.1) is 3.57 Å². The lowest BCUT2D eigenvalue weighted by molar-refractivity contribution is -0.147. The van der Waals surface area contributed by atoms with Gasteiger partial charge < -0.3 is 9.47 Å². The third-order valence-electron chi connectivity index (χ3n) is 2.24. The van der Waals surface area contributed by atoms with E-state index in [-0.39, 0.29) is 0 Å². The van der Waals surface area contributed by atoms with Crippen LogP contribution in [-0.2, 0) is 17.1 Å². The van der Waals surface area contributed by atoms with Gasteiger partial charge in [-0.05, 0) is 22.6 Å². The molecule has 1 aromatic heterocycles. The standard InChI is InChI=1S/C10H6F6INO3/c1-20-7-5(17)4(9(11,12)13)3(8(19)21-2)6(18-7)10(14,15)16/h1-2H3. The van der Waals surface area contributed by atoms with Crippen LogP contribution in [0.5, 0.6) is 5.88 Å². The summed E-state index contributed by atoms with van der Waals surface area (Å²) in [7, 11) is 1.53. The number of hydrogen-bond donors (Lipinski definition) is 0. The lowest BCUT2D eigenvalue weighted by Gasteiger charge is -2.19. The summed E-state index contributed by atoms with van der Waals surface area (Å²) in [6.45, 7) is 0. The van der Waals surface area contributed by atoms with Crippen molar-refractivity contribution in [2.75, 3.05) is 14.2 Å². The average molecular weight is 429 g/mol. The van der Waals surface area contributed by atoms with Crippen LogP contribution in [0.4, 0.5) is 26.3 Å². The van der Waals surface area contributed by atoms with Crippen LogP contribution in [0.15, 0.2) is 0 Å². The van der Waals surface area contributed by atoms with Crippen molar-refractivity contribution in [1.29, 1.82) is 0 Å². The molecule has 0 bridgehead atoms. The van der Waals surface area contributed by atoms with Crippen LogP contribution >= 0.6 is 22.6 Å². The molecule has 0 aliphatic heterocycles. The molecule has 0 fully saturated rings. The third-order valence-corrected chi connectivity index (χ3v) is 3.24. The summed E-state index contributed by atoms with van der Waals surface area (Å²) in [6, 6.07) is 0. The Labute approximate surface area is 127 Å². The molecule has 0 saturated carbocycles. The van der Waals surface area contributed by atoms with E-state index in [0.717, 1.165) is 29.7 Å². The van der Waals surface area contributed by atoms with Crippen molar-refractivity contribution in [3.8, 4) is 5.88 Å². The summed E-state index contributed by atoms with van der Waals surface area (Å²) in [4.78, 5) is 14.3. The molecule has 4 nitrogen and oxygen atoms in total. The Balaban J connectivity index is 3.94. The largest absolute Gasteiger partial charge is 0.480 e. The van der Waals surface area contributed by atoms with Gasteiger partial charge in [0.25, 0.3) is 0 Å². The van der Waals surface area contributed by atoms with Crippen molar-refractivity contribution in [2.24, 2.45) is 0 Å². The van der Waals surface area contributed by atoms with E-state index >= 15 is 0 Å². The SMILES string of the molecule is COC(=O)c1c(C(F)(F)F)nc(OC)c(I)c1C(F)(F)F. The van der Waals surface area contributed by atoms with Gasteiger partial charge in [-0.3, -0.25) is 0 Å². The number of alkyl halides is 6. The summed E-state index contributed by atoms with van der Waals surface area (Å²) in [5.74, 6) is -2.68. The molecule has 0 aliphatic rings. The summed E-state index contributed by atoms with van der Waals surface area (Å²) in [5, 5.41) is 0. The van der Waals surface area contributed by atoms with Gasteiger partial charge >= 0.3 is 18.3 Å². The zero-order valence-electron chi connectivity index (χ0n) is 10.3. The molecule has 0 radical (unpaired) electrons. The quantitative estimate of drug-likeness (QED) is 0.411. The van der Waals surface area contributed by atoms with E-state index < -0.39 is 44.6 Å². The van der Waals surface area contributed by atoms with Gasteiger partial charge in [0.05, 0.1) is 23.4 Å². The number of halogens is 7. The summed E-state index contributed by atoms with van der Waals surface area (Å²) >= 11 is 1.10. The maximum absolute atomic E-state index is 13.0. The number of ether oxygens (including phenoxy) is 2. The van der Waals surface area contributed by atoms with E-state index in [9.17, 15) is 31.1 Å². The van der Waals surface area contributed by atoms with Crippen molar-refractivity contribution in [1.82, 2.24) is 4.98 Å². The van der Waals surface area contributed by atoms with Crippen LogP contribution in [-0.4, -0.2) is 25.2 Å². The second kappa shape index (κ2) is 5.85. The smallest absolute Gasteiger partial charge is 0.434 e. The highest BCUT2D eigenvalue weighted by Gasteiger charge is 2.47. The minimum atomic E-state index is -5.29. The monoisotopic (exact) mass is 429 g/mol. The van der Waals surface area contributed by atoms with Gasteiger partial charge in [0.15, 0.2) is 5.69 Å². The maximum atomic E-state index is 13.0. The average Bonchev–Trinajstić information content (AvgIpc) is 2.34. The minimum absolute atomic E-state index is 0.666. The van der Waals surface area contributed by atoms with Crippen molar-refractivity contribution in [3.63, 3.8) is 0 Å². The highest BCUT2D eigenvalue weighted by Crippen LogP contribution is 2.43. The van der Waals surface area contributed by atoms with E-state index in [1.54, 1.807) is 0 Å². The number of carbonyl (C=O) groups is 1. The first kappa shape index (κ1) is 17.8. The highest BCUT2D eigenvalue weighted by molar-refractivity contribution is 14.1. The predicted molar refractivity (Wildman–Crippen MR) is 64.8 cm³/mol. The molecule has 0 saturated heterocycles. The molecule has 1 aromatic rings. The van der Waals surface area contributed by atoms with Crippen LogP contribution in [0.25, 0.3) is 0 Å². The molecule has 0 unspecified atom stereocenters. The van der Waals surface area contributed by atoms with Crippen LogP contribution in [0.3, 0.4) is 0 Å². The number of pyridine rings is 1. The van der Waals surface area contributed by atoms with Gasteiger partial charge in [-0.2, -0.15) is 26.3 Å². The molecule has 0 aliphatic carbocycles. The van der Waals surface area contributed by atoms with Crippen molar-refractivity contribution in [3.05, 3.63) is 20.4 Å². The lowest BCUT2D eigenvalue weighted by atomic mass is 10.1. The van der Waals surface area contributed by atoms with Gasteiger partial charge in [0.2, 0.25) is 5.88 Å². The molecule has 0 atom stereocenters. The molecular weight excluding hydrogens is 423 g/mol. The number of carbonyl (C=O) groups excluding carboxylic acids is 1. The fourth-order valence-electron chi connectivity index (χ4n) is 1.45. The molecule has 0 spiro atoms. The summed E-state index contributed by atoms with van der Waals surface area (Å²) in [6.07, 6.45) is -10.5. The van der Waals surface area contributed by atoms with E-state index in [2.05, 4.69) is 14.5 Å². The summed E-state index contributed by atoms with van der Waals surface area (Å²) < 4.78 is 85.3. The topological polar surface area (TPSA) is 48.4 Å². The molecule has 1 rings (SSSR count). The maximum Gasteiger partial charge on any atom is 0.434 e. The summed E-state index contributed by atoms with van der Waals surface area (Å²) in [5.41, 5.74) is -5.50. The molecule has 21 heavy (non-hydrogen) atoms. The minimum Gasteiger partial charge on any atom is -0.480 e.